The zero-order valence-electron chi connectivity index (χ0n) is 13.7. The van der Waals surface area contributed by atoms with Crippen molar-refractivity contribution in [3.63, 3.8) is 0 Å². The number of nitrogens with one attached hydrogen (secondary N) is 2. The molecule has 2 N–H and O–H groups in total. The molecule has 5 nitrogen and oxygen atoms in total. The summed E-state index contributed by atoms with van der Waals surface area (Å²) in [7, 11) is 0. The maximum Gasteiger partial charge on any atom is 0.226 e. The number of benzene rings is 1. The van der Waals surface area contributed by atoms with Gasteiger partial charge in [-0.05, 0) is 37.2 Å². The molecule has 0 saturated carbocycles. The number of nitrogens with zero attached hydrogens (tertiary/aromatic N) is 1. The Morgan fingerprint density at radius 3 is 2.79 bits per heavy atom. The van der Waals surface area contributed by atoms with Crippen molar-refractivity contribution in [3.05, 3.63) is 45.4 Å². The lowest BCUT2D eigenvalue weighted by molar-refractivity contribution is -0.120. The van der Waals surface area contributed by atoms with E-state index in [1.54, 1.807) is 12.1 Å². The van der Waals surface area contributed by atoms with Gasteiger partial charge in [0.25, 0.3) is 0 Å². The van der Waals surface area contributed by atoms with Crippen molar-refractivity contribution in [2.75, 3.05) is 19.6 Å². The van der Waals surface area contributed by atoms with Crippen LogP contribution in [-0.4, -0.2) is 30.5 Å². The predicted octanol–water partition coefficient (Wildman–Crippen LogP) is 3.03. The molecule has 0 radical (unpaired) electrons. The van der Waals surface area contributed by atoms with E-state index in [-0.39, 0.29) is 5.91 Å². The summed E-state index contributed by atoms with van der Waals surface area (Å²) in [4.78, 5) is 16.3. The minimum atomic E-state index is -0.0104. The average Bonchev–Trinajstić information content (AvgIpc) is 3.01. The fourth-order valence-electron chi connectivity index (χ4n) is 1.99. The van der Waals surface area contributed by atoms with Crippen LogP contribution in [0.4, 0.5) is 0 Å². The standard InChI is InChI=1S/C17H22ClN3O2S/c1-2-7-19-8-9-20-16(22)10-14-12-24-17(21-14)11-23-15-5-3-13(18)4-6-15/h3-6,12,19H,2,7-11H2,1H3,(H,20,22). The molecular formula is C17H22ClN3O2S. The highest BCUT2D eigenvalue weighted by atomic mass is 35.5. The van der Waals surface area contributed by atoms with E-state index in [1.165, 1.54) is 11.3 Å². The summed E-state index contributed by atoms with van der Waals surface area (Å²) in [5, 5.41) is 9.54. The first kappa shape index (κ1) is 18.7. The molecule has 0 atom stereocenters. The van der Waals surface area contributed by atoms with Crippen LogP contribution in [0.1, 0.15) is 24.0 Å². The van der Waals surface area contributed by atoms with Crippen LogP contribution in [0, 0.1) is 0 Å². The summed E-state index contributed by atoms with van der Waals surface area (Å²) in [5.74, 6) is 0.734. The molecule has 0 saturated heterocycles. The molecule has 1 aromatic heterocycles. The SMILES string of the molecule is CCCNCCNC(=O)Cc1csc(COc2ccc(Cl)cc2)n1. The van der Waals surface area contributed by atoms with Gasteiger partial charge in [-0.3, -0.25) is 4.79 Å². The van der Waals surface area contributed by atoms with E-state index in [2.05, 4.69) is 22.5 Å². The summed E-state index contributed by atoms with van der Waals surface area (Å²) in [5.41, 5.74) is 0.772. The van der Waals surface area contributed by atoms with E-state index < -0.39 is 0 Å². The molecule has 2 rings (SSSR count). The highest BCUT2D eigenvalue weighted by Gasteiger charge is 2.08. The van der Waals surface area contributed by atoms with E-state index in [0.29, 0.717) is 24.6 Å². The summed E-state index contributed by atoms with van der Waals surface area (Å²) < 4.78 is 5.65. The largest absolute Gasteiger partial charge is 0.486 e. The van der Waals surface area contributed by atoms with Gasteiger partial charge in [0.05, 0.1) is 12.1 Å². The number of thiazole rings is 1. The van der Waals surface area contributed by atoms with Gasteiger partial charge in [0.15, 0.2) is 0 Å². The molecule has 1 amide bonds. The average molecular weight is 368 g/mol. The minimum Gasteiger partial charge on any atom is -0.486 e. The van der Waals surface area contributed by atoms with Gasteiger partial charge >= 0.3 is 0 Å². The third-order valence-electron chi connectivity index (χ3n) is 3.17. The first-order valence-corrected chi connectivity index (χ1v) is 9.22. The van der Waals surface area contributed by atoms with E-state index in [4.69, 9.17) is 16.3 Å². The summed E-state index contributed by atoms with van der Waals surface area (Å²) in [6.45, 7) is 4.89. The van der Waals surface area contributed by atoms with Gasteiger partial charge in [0.2, 0.25) is 5.91 Å². The van der Waals surface area contributed by atoms with Crippen LogP contribution in [0.2, 0.25) is 5.02 Å². The molecular weight excluding hydrogens is 346 g/mol. The third-order valence-corrected chi connectivity index (χ3v) is 4.29. The number of hydrogen-bond donors (Lipinski definition) is 2. The number of amides is 1. The Hall–Kier alpha value is -1.63. The first-order chi connectivity index (χ1) is 11.7. The molecule has 0 aliphatic heterocycles. The molecule has 130 valence electrons. The summed E-state index contributed by atoms with van der Waals surface area (Å²) in [6.07, 6.45) is 1.39. The van der Waals surface area contributed by atoms with Crippen molar-refractivity contribution in [3.8, 4) is 5.75 Å². The maximum absolute atomic E-state index is 11.8. The van der Waals surface area contributed by atoms with Gasteiger partial charge in [-0.25, -0.2) is 4.98 Å². The lowest BCUT2D eigenvalue weighted by atomic mass is 10.3. The number of aromatic nitrogens is 1. The Kier molecular flexibility index (Phi) is 8.01. The number of ether oxygens (including phenoxy) is 1. The number of hydrogen-bond acceptors (Lipinski definition) is 5. The van der Waals surface area contributed by atoms with Crippen LogP contribution in [0.15, 0.2) is 29.6 Å². The van der Waals surface area contributed by atoms with Crippen LogP contribution in [0.3, 0.4) is 0 Å². The molecule has 7 heteroatoms. The molecule has 1 heterocycles. The smallest absolute Gasteiger partial charge is 0.226 e. The Morgan fingerprint density at radius 2 is 2.04 bits per heavy atom. The lowest BCUT2D eigenvalue weighted by Gasteiger charge is -2.05. The minimum absolute atomic E-state index is 0.0104. The molecule has 0 aliphatic rings. The van der Waals surface area contributed by atoms with Crippen molar-refractivity contribution < 1.29 is 9.53 Å². The monoisotopic (exact) mass is 367 g/mol. The first-order valence-electron chi connectivity index (χ1n) is 7.96. The Balaban J connectivity index is 1.70. The molecule has 0 fully saturated rings. The number of halogens is 1. The fraction of sp³-hybridized carbons (Fsp3) is 0.412. The van der Waals surface area contributed by atoms with E-state index in [9.17, 15) is 4.79 Å². The van der Waals surface area contributed by atoms with E-state index in [0.717, 1.165) is 36.0 Å². The number of rotatable bonds is 10. The van der Waals surface area contributed by atoms with Gasteiger partial charge < -0.3 is 15.4 Å². The highest BCUT2D eigenvalue weighted by Crippen LogP contribution is 2.18. The van der Waals surface area contributed by atoms with Gasteiger partial charge in [0.1, 0.15) is 17.4 Å². The molecule has 0 bridgehead atoms. The van der Waals surface area contributed by atoms with Gasteiger partial charge in [-0.1, -0.05) is 18.5 Å². The highest BCUT2D eigenvalue weighted by molar-refractivity contribution is 7.09. The van der Waals surface area contributed by atoms with Crippen LogP contribution in [-0.2, 0) is 17.8 Å². The Bertz CT molecular complexity index is 631. The molecule has 1 aromatic carbocycles. The summed E-state index contributed by atoms with van der Waals surface area (Å²) in [6, 6.07) is 7.20. The summed E-state index contributed by atoms with van der Waals surface area (Å²) >= 11 is 7.33. The quantitative estimate of drug-likeness (QED) is 0.633. The second kappa shape index (κ2) is 10.3. The second-order valence-electron chi connectivity index (χ2n) is 5.25. The lowest BCUT2D eigenvalue weighted by Crippen LogP contribution is -2.33. The van der Waals surface area contributed by atoms with Crippen molar-refractivity contribution in [1.29, 1.82) is 0 Å². The predicted molar refractivity (Wildman–Crippen MR) is 97.8 cm³/mol. The van der Waals surface area contributed by atoms with Crippen molar-refractivity contribution in [2.45, 2.75) is 26.4 Å². The van der Waals surface area contributed by atoms with Crippen molar-refractivity contribution in [1.82, 2.24) is 15.6 Å². The number of carbonyl (C=O) groups is 1. The van der Waals surface area contributed by atoms with Crippen molar-refractivity contribution >= 4 is 28.8 Å². The third kappa shape index (κ3) is 6.86. The topological polar surface area (TPSA) is 63.2 Å². The van der Waals surface area contributed by atoms with Gasteiger partial charge in [0, 0.05) is 23.5 Å². The molecule has 0 aliphatic carbocycles. The van der Waals surface area contributed by atoms with Crippen LogP contribution < -0.4 is 15.4 Å². The van der Waals surface area contributed by atoms with Crippen LogP contribution in [0.5, 0.6) is 5.75 Å². The van der Waals surface area contributed by atoms with Gasteiger partial charge in [-0.15, -0.1) is 11.3 Å². The van der Waals surface area contributed by atoms with E-state index in [1.807, 2.05) is 17.5 Å². The Morgan fingerprint density at radius 1 is 1.25 bits per heavy atom. The molecule has 0 spiro atoms. The zero-order chi connectivity index (χ0) is 17.2. The van der Waals surface area contributed by atoms with Gasteiger partial charge in [-0.2, -0.15) is 0 Å². The van der Waals surface area contributed by atoms with Crippen LogP contribution >= 0.6 is 22.9 Å². The zero-order valence-corrected chi connectivity index (χ0v) is 15.3. The second-order valence-corrected chi connectivity index (χ2v) is 6.63. The van der Waals surface area contributed by atoms with Crippen LogP contribution in [0.25, 0.3) is 0 Å². The number of carbonyl (C=O) groups excluding carboxylic acids is 1. The molecule has 24 heavy (non-hydrogen) atoms. The van der Waals surface area contributed by atoms with E-state index >= 15 is 0 Å². The fourth-order valence-corrected chi connectivity index (χ4v) is 2.82. The molecule has 0 unspecified atom stereocenters. The maximum atomic E-state index is 11.8. The molecule has 2 aromatic rings. The Labute approximate surface area is 151 Å². The van der Waals surface area contributed by atoms with Crippen molar-refractivity contribution in [2.24, 2.45) is 0 Å². The normalized spacial score (nSPS) is 10.6.